The molecule has 0 bridgehead atoms. The highest BCUT2D eigenvalue weighted by Gasteiger charge is 2.32. The number of rotatable bonds is 12. The number of aromatic amines is 2. The third-order valence-corrected chi connectivity index (χ3v) is 7.04. The molecule has 8 nitrogen and oxygen atoms in total. The van der Waals surface area contributed by atoms with E-state index in [4.69, 9.17) is 0 Å². The predicted octanol–water partition coefficient (Wildman–Crippen LogP) is 5.24. The molecule has 0 unspecified atom stereocenters. The van der Waals surface area contributed by atoms with E-state index in [9.17, 15) is 19.8 Å². The second-order valence-corrected chi connectivity index (χ2v) is 10.1. The molecule has 0 fully saturated rings. The summed E-state index contributed by atoms with van der Waals surface area (Å²) in [5, 5.41) is 22.9. The van der Waals surface area contributed by atoms with Gasteiger partial charge in [0.25, 0.3) is 0 Å². The van der Waals surface area contributed by atoms with Crippen LogP contribution in [0, 0.1) is 0 Å². The molecule has 0 radical (unpaired) electrons. The van der Waals surface area contributed by atoms with Gasteiger partial charge in [-0.15, -0.1) is 0 Å². The number of nitrogens with one attached hydrogen (secondary N) is 2. The fourth-order valence-electron chi connectivity index (χ4n) is 5.14. The molecule has 4 N–H and O–H groups in total. The summed E-state index contributed by atoms with van der Waals surface area (Å²) in [4.78, 5) is 35.3. The smallest absolute Gasteiger partial charge is 0.354 e. The lowest BCUT2D eigenvalue weighted by molar-refractivity contribution is -0.139. The third kappa shape index (κ3) is 5.54. The van der Waals surface area contributed by atoms with Crippen LogP contribution in [0.2, 0.25) is 0 Å². The van der Waals surface area contributed by atoms with Crippen LogP contribution in [0.15, 0.2) is 72.3 Å². The van der Waals surface area contributed by atoms with E-state index in [0.29, 0.717) is 25.9 Å². The van der Waals surface area contributed by atoms with E-state index in [-0.39, 0.29) is 23.5 Å². The lowest BCUT2D eigenvalue weighted by Gasteiger charge is -2.35. The zero-order valence-corrected chi connectivity index (χ0v) is 22.4. The summed E-state index contributed by atoms with van der Waals surface area (Å²) in [5.74, 6) is -2.49. The van der Waals surface area contributed by atoms with Crippen molar-refractivity contribution in [2.45, 2.75) is 52.6 Å². The minimum Gasteiger partial charge on any atom is -0.477 e. The van der Waals surface area contributed by atoms with Gasteiger partial charge >= 0.3 is 11.9 Å². The van der Waals surface area contributed by atoms with Gasteiger partial charge in [-0.1, -0.05) is 36.4 Å². The number of aliphatic carboxylic acids is 2. The number of carbonyl (C=O) groups is 2. The summed E-state index contributed by atoms with van der Waals surface area (Å²) in [7, 11) is 0. The highest BCUT2D eigenvalue weighted by molar-refractivity contribution is 5.98. The van der Waals surface area contributed by atoms with E-state index in [2.05, 4.69) is 9.97 Å². The number of H-pyrrole nitrogens is 2. The van der Waals surface area contributed by atoms with Gasteiger partial charge < -0.3 is 30.0 Å². The molecule has 0 spiro atoms. The van der Waals surface area contributed by atoms with Crippen LogP contribution < -0.4 is 0 Å². The Labute approximate surface area is 222 Å². The van der Waals surface area contributed by atoms with E-state index >= 15 is 0 Å². The average molecular weight is 517 g/mol. The van der Waals surface area contributed by atoms with Crippen molar-refractivity contribution in [3.8, 4) is 0 Å². The van der Waals surface area contributed by atoms with Gasteiger partial charge in [0, 0.05) is 59.4 Å². The number of nitrogens with zero attached hydrogens (tertiary/aromatic N) is 2. The Balaban J connectivity index is 1.68. The molecule has 4 aromatic rings. The first-order valence-electron chi connectivity index (χ1n) is 13.0. The molecule has 0 aliphatic heterocycles. The quantitative estimate of drug-likeness (QED) is 0.192. The van der Waals surface area contributed by atoms with Crippen molar-refractivity contribution in [1.82, 2.24) is 19.8 Å². The van der Waals surface area contributed by atoms with Gasteiger partial charge in [0.05, 0.1) is 0 Å². The van der Waals surface area contributed by atoms with E-state index in [0.717, 1.165) is 32.9 Å². The first-order chi connectivity index (χ1) is 18.2. The van der Waals surface area contributed by atoms with Gasteiger partial charge in [0.15, 0.2) is 11.4 Å². The summed E-state index contributed by atoms with van der Waals surface area (Å²) in [6.45, 7) is 8.30. The minimum absolute atomic E-state index is 0.181. The first kappa shape index (κ1) is 26.9. The highest BCUT2D eigenvalue weighted by atomic mass is 16.4. The van der Waals surface area contributed by atoms with Crippen molar-refractivity contribution in [1.29, 1.82) is 0 Å². The van der Waals surface area contributed by atoms with E-state index in [1.807, 2.05) is 88.6 Å². The predicted molar refractivity (Wildman–Crippen MR) is 150 cm³/mol. The van der Waals surface area contributed by atoms with Crippen molar-refractivity contribution in [3.05, 3.63) is 83.4 Å². The fraction of sp³-hybridized carbons (Fsp3) is 0.333. The van der Waals surface area contributed by atoms with Crippen LogP contribution >= 0.6 is 0 Å². The second-order valence-electron chi connectivity index (χ2n) is 10.1. The maximum Gasteiger partial charge on any atom is 0.354 e. The SMILES string of the molecule is CC(C)N(CCc1c[nH]c2ccccc12)/C(C(=O)O)=C(\C(=O)O)N(CCc1c[nH]c2ccccc12)C(C)C. The molecule has 2 aromatic heterocycles. The number of benzene rings is 2. The first-order valence-corrected chi connectivity index (χ1v) is 13.0. The topological polar surface area (TPSA) is 113 Å². The Morgan fingerprint density at radius 1 is 0.684 bits per heavy atom. The maximum absolute atomic E-state index is 12.7. The van der Waals surface area contributed by atoms with Crippen LogP contribution in [0.3, 0.4) is 0 Å². The molecule has 4 rings (SSSR count). The Morgan fingerprint density at radius 3 is 1.39 bits per heavy atom. The number of aromatic nitrogens is 2. The van der Waals surface area contributed by atoms with Gasteiger partial charge in [-0.3, -0.25) is 0 Å². The summed E-state index contributed by atoms with van der Waals surface area (Å²) in [6.07, 6.45) is 5.02. The molecule has 0 saturated heterocycles. The van der Waals surface area contributed by atoms with Crippen molar-refractivity contribution < 1.29 is 19.8 Å². The molecule has 0 saturated carbocycles. The molecule has 0 atom stereocenters. The molecule has 8 heteroatoms. The summed E-state index contributed by atoms with van der Waals surface area (Å²) in [6, 6.07) is 15.5. The van der Waals surface area contributed by atoms with Crippen LogP contribution in [0.25, 0.3) is 21.8 Å². The summed E-state index contributed by atoms with van der Waals surface area (Å²) < 4.78 is 0. The molecule has 0 amide bonds. The molecule has 0 aliphatic rings. The lowest BCUT2D eigenvalue weighted by Crippen LogP contribution is -2.43. The van der Waals surface area contributed by atoms with Crippen molar-refractivity contribution in [3.63, 3.8) is 0 Å². The number of fused-ring (bicyclic) bond motifs is 2. The molecule has 2 heterocycles. The standard InChI is InChI=1S/C30H36N4O4/c1-19(2)33(15-13-21-17-31-25-11-7-5-9-23(21)25)27(29(35)36)28(30(37)38)34(20(3)4)16-14-22-18-32-26-12-8-6-10-24(22)26/h5-12,17-20,31-32H,13-16H2,1-4H3,(H,35,36)(H,37,38)/b28-27+. The zero-order chi connectivity index (χ0) is 27.4. The monoisotopic (exact) mass is 516 g/mol. The molecule has 38 heavy (non-hydrogen) atoms. The normalized spacial score (nSPS) is 12.4. The number of para-hydroxylation sites is 2. The van der Waals surface area contributed by atoms with Crippen LogP contribution in [-0.4, -0.2) is 67.1 Å². The lowest BCUT2D eigenvalue weighted by atomic mass is 10.1. The van der Waals surface area contributed by atoms with Gasteiger partial charge in [-0.25, -0.2) is 9.59 Å². The van der Waals surface area contributed by atoms with Crippen LogP contribution in [-0.2, 0) is 22.4 Å². The van der Waals surface area contributed by atoms with Crippen molar-refractivity contribution in [2.75, 3.05) is 13.1 Å². The molecule has 200 valence electrons. The number of carboxylic acid groups (broad SMARTS) is 2. The van der Waals surface area contributed by atoms with Crippen molar-refractivity contribution >= 4 is 33.7 Å². The van der Waals surface area contributed by atoms with Crippen LogP contribution in [0.4, 0.5) is 0 Å². The summed E-state index contributed by atoms with van der Waals surface area (Å²) in [5.41, 5.74) is 3.80. The van der Waals surface area contributed by atoms with Crippen LogP contribution in [0.5, 0.6) is 0 Å². The van der Waals surface area contributed by atoms with E-state index in [1.54, 1.807) is 9.80 Å². The van der Waals surface area contributed by atoms with Gasteiger partial charge in [0.2, 0.25) is 0 Å². The van der Waals surface area contributed by atoms with Crippen LogP contribution in [0.1, 0.15) is 38.8 Å². The van der Waals surface area contributed by atoms with Crippen molar-refractivity contribution in [2.24, 2.45) is 0 Å². The van der Waals surface area contributed by atoms with Gasteiger partial charge in [0.1, 0.15) is 0 Å². The van der Waals surface area contributed by atoms with E-state index in [1.165, 1.54) is 0 Å². The highest BCUT2D eigenvalue weighted by Crippen LogP contribution is 2.25. The third-order valence-electron chi connectivity index (χ3n) is 7.04. The molecule has 2 aromatic carbocycles. The Hall–Kier alpha value is -4.20. The largest absolute Gasteiger partial charge is 0.477 e. The molecular weight excluding hydrogens is 480 g/mol. The van der Waals surface area contributed by atoms with Gasteiger partial charge in [-0.05, 0) is 63.8 Å². The number of hydrogen-bond acceptors (Lipinski definition) is 4. The van der Waals surface area contributed by atoms with Gasteiger partial charge in [-0.2, -0.15) is 0 Å². The minimum atomic E-state index is -1.24. The van der Waals surface area contributed by atoms with E-state index < -0.39 is 11.9 Å². The number of carboxylic acids is 2. The number of hydrogen-bond donors (Lipinski definition) is 4. The summed E-state index contributed by atoms with van der Waals surface area (Å²) >= 11 is 0. The second kappa shape index (κ2) is 11.5. The Morgan fingerprint density at radius 2 is 1.05 bits per heavy atom. The molecular formula is C30H36N4O4. The average Bonchev–Trinajstić information content (AvgIpc) is 3.48. The fourth-order valence-corrected chi connectivity index (χ4v) is 5.14. The zero-order valence-electron chi connectivity index (χ0n) is 22.4. The molecule has 0 aliphatic carbocycles. The Kier molecular flexibility index (Phi) is 8.10. The Bertz CT molecular complexity index is 1350. The maximum atomic E-state index is 12.7.